The second kappa shape index (κ2) is 7.46. The lowest BCUT2D eigenvalue weighted by atomic mass is 9.92. The number of amides is 5. The largest absolute Gasteiger partial charge is 0.325 e. The maximum atomic E-state index is 13.1. The highest BCUT2D eigenvalue weighted by Gasteiger charge is 2.55. The molecule has 2 aromatic carbocycles. The van der Waals surface area contributed by atoms with Crippen LogP contribution in [0.5, 0.6) is 0 Å². The molecular formula is C21H19ClN4O4. The van der Waals surface area contributed by atoms with E-state index in [4.69, 9.17) is 11.6 Å². The molecule has 1 heterocycles. The third-order valence-corrected chi connectivity index (χ3v) is 5.53. The van der Waals surface area contributed by atoms with Crippen molar-refractivity contribution in [2.24, 2.45) is 0 Å². The molecule has 1 unspecified atom stereocenters. The molecule has 0 aromatic heterocycles. The van der Waals surface area contributed by atoms with Gasteiger partial charge in [0.05, 0.1) is 11.4 Å². The Morgan fingerprint density at radius 1 is 1.13 bits per heavy atom. The normalized spacial score (nSPS) is 19.6. The number of rotatable bonds is 4. The summed E-state index contributed by atoms with van der Waals surface area (Å²) < 4.78 is 0. The van der Waals surface area contributed by atoms with Gasteiger partial charge in [0.1, 0.15) is 12.1 Å². The van der Waals surface area contributed by atoms with Crippen LogP contribution in [0, 0.1) is 0 Å². The topological polar surface area (TPSA) is 108 Å². The fourth-order valence-electron chi connectivity index (χ4n) is 3.99. The number of hydrogen-bond acceptors (Lipinski definition) is 4. The van der Waals surface area contributed by atoms with Gasteiger partial charge in [-0.2, -0.15) is 0 Å². The average Bonchev–Trinajstić information content (AvgIpc) is 3.17. The summed E-state index contributed by atoms with van der Waals surface area (Å²) in [5.41, 5.74) is 1.30. The molecule has 8 nitrogen and oxygen atoms in total. The first-order valence-corrected chi connectivity index (χ1v) is 9.77. The van der Waals surface area contributed by atoms with E-state index in [0.717, 1.165) is 16.0 Å². The van der Waals surface area contributed by atoms with Crippen molar-refractivity contribution in [1.82, 2.24) is 10.2 Å². The summed E-state index contributed by atoms with van der Waals surface area (Å²) in [7, 11) is 0. The number of anilines is 2. The van der Waals surface area contributed by atoms with Gasteiger partial charge in [0.15, 0.2) is 0 Å². The Morgan fingerprint density at radius 3 is 2.67 bits per heavy atom. The Bertz CT molecular complexity index is 1090. The molecule has 1 aliphatic heterocycles. The van der Waals surface area contributed by atoms with Gasteiger partial charge in [-0.25, -0.2) is 4.79 Å². The van der Waals surface area contributed by atoms with Crippen LogP contribution in [-0.2, 0) is 26.3 Å². The van der Waals surface area contributed by atoms with Crippen molar-refractivity contribution >= 4 is 46.7 Å². The van der Waals surface area contributed by atoms with Crippen molar-refractivity contribution in [2.45, 2.75) is 25.3 Å². The van der Waals surface area contributed by atoms with Crippen molar-refractivity contribution in [3.63, 3.8) is 0 Å². The van der Waals surface area contributed by atoms with E-state index in [1.165, 1.54) is 13.0 Å². The molecule has 5 amide bonds. The molecule has 0 bridgehead atoms. The number of fused-ring (bicyclic) bond motifs is 2. The lowest BCUT2D eigenvalue weighted by molar-refractivity contribution is -0.134. The summed E-state index contributed by atoms with van der Waals surface area (Å²) >= 11 is 5.99. The molecule has 1 spiro atoms. The smallest absolute Gasteiger partial charge is 0.325 e. The van der Waals surface area contributed by atoms with E-state index in [0.29, 0.717) is 23.6 Å². The van der Waals surface area contributed by atoms with E-state index >= 15 is 0 Å². The number of benzene rings is 2. The van der Waals surface area contributed by atoms with Crippen molar-refractivity contribution in [3.8, 4) is 0 Å². The predicted octanol–water partition coefficient (Wildman–Crippen LogP) is 2.63. The number of nitrogens with zero attached hydrogens (tertiary/aromatic N) is 1. The minimum Gasteiger partial charge on any atom is -0.325 e. The summed E-state index contributed by atoms with van der Waals surface area (Å²) in [6.45, 7) is 0.882. The SMILES string of the molecule is CC(=O)Nc1ccc(Cl)cc1NC(=O)CN1C(=O)NC2(CCc3ccccc32)C1=O. The number of urea groups is 1. The highest BCUT2D eigenvalue weighted by Crippen LogP contribution is 2.41. The molecule has 1 saturated heterocycles. The highest BCUT2D eigenvalue weighted by molar-refractivity contribution is 6.31. The first-order valence-electron chi connectivity index (χ1n) is 9.39. The number of carbonyl (C=O) groups is 4. The number of nitrogens with one attached hydrogen (secondary N) is 3. The van der Waals surface area contributed by atoms with E-state index in [1.807, 2.05) is 24.3 Å². The van der Waals surface area contributed by atoms with E-state index < -0.39 is 29.9 Å². The van der Waals surface area contributed by atoms with Gasteiger partial charge in [-0.3, -0.25) is 19.3 Å². The van der Waals surface area contributed by atoms with Crippen LogP contribution in [0.25, 0.3) is 0 Å². The number of halogens is 1. The van der Waals surface area contributed by atoms with Crippen molar-refractivity contribution in [3.05, 3.63) is 58.6 Å². The van der Waals surface area contributed by atoms with Crippen molar-refractivity contribution in [1.29, 1.82) is 0 Å². The zero-order valence-corrected chi connectivity index (χ0v) is 16.9. The van der Waals surface area contributed by atoms with Gasteiger partial charge in [-0.1, -0.05) is 35.9 Å². The summed E-state index contributed by atoms with van der Waals surface area (Å²) in [6, 6.07) is 11.5. The van der Waals surface area contributed by atoms with Crippen LogP contribution in [0.2, 0.25) is 5.02 Å². The zero-order valence-electron chi connectivity index (χ0n) is 16.1. The molecule has 1 atom stereocenters. The second-order valence-electron chi connectivity index (χ2n) is 7.30. The minimum absolute atomic E-state index is 0.274. The number of carbonyl (C=O) groups excluding carboxylic acids is 4. The lowest BCUT2D eigenvalue weighted by Crippen LogP contribution is -2.43. The molecule has 30 heavy (non-hydrogen) atoms. The average molecular weight is 427 g/mol. The van der Waals surface area contributed by atoms with Crippen LogP contribution < -0.4 is 16.0 Å². The van der Waals surface area contributed by atoms with Gasteiger partial charge in [0.2, 0.25) is 11.8 Å². The number of aryl methyl sites for hydroxylation is 1. The van der Waals surface area contributed by atoms with Gasteiger partial charge in [-0.05, 0) is 42.2 Å². The van der Waals surface area contributed by atoms with Crippen LogP contribution in [0.4, 0.5) is 16.2 Å². The first-order chi connectivity index (χ1) is 14.3. The Labute approximate surface area is 177 Å². The Morgan fingerprint density at radius 2 is 1.90 bits per heavy atom. The van der Waals surface area contributed by atoms with Crippen LogP contribution in [0.3, 0.4) is 0 Å². The Balaban J connectivity index is 1.53. The number of imide groups is 1. The first kappa shape index (κ1) is 19.9. The van der Waals surface area contributed by atoms with E-state index in [2.05, 4.69) is 16.0 Å². The van der Waals surface area contributed by atoms with Gasteiger partial charge in [0, 0.05) is 11.9 Å². The summed E-state index contributed by atoms with van der Waals surface area (Å²) in [6.07, 6.45) is 1.13. The highest BCUT2D eigenvalue weighted by atomic mass is 35.5. The molecule has 0 radical (unpaired) electrons. The maximum Gasteiger partial charge on any atom is 0.325 e. The molecule has 154 valence electrons. The summed E-state index contributed by atoms with van der Waals surface area (Å²) in [4.78, 5) is 50.6. The molecule has 4 rings (SSSR count). The molecule has 3 N–H and O–H groups in total. The van der Waals surface area contributed by atoms with E-state index in [-0.39, 0.29) is 11.6 Å². The molecular weight excluding hydrogens is 408 g/mol. The Hall–Kier alpha value is -3.39. The summed E-state index contributed by atoms with van der Waals surface area (Å²) in [5, 5.41) is 8.34. The molecule has 2 aliphatic rings. The van der Waals surface area contributed by atoms with Crippen LogP contribution in [0.1, 0.15) is 24.5 Å². The molecule has 9 heteroatoms. The van der Waals surface area contributed by atoms with Crippen LogP contribution in [0.15, 0.2) is 42.5 Å². The second-order valence-corrected chi connectivity index (χ2v) is 7.74. The third kappa shape index (κ3) is 3.39. The lowest BCUT2D eigenvalue weighted by Gasteiger charge is -2.22. The standard InChI is InChI=1S/C21H19ClN4O4/c1-12(27)23-16-7-6-14(22)10-17(16)24-18(28)11-26-19(29)21(25-20(26)30)9-8-13-4-2-3-5-15(13)21/h2-7,10H,8-9,11H2,1H3,(H,23,27)(H,24,28)(H,25,30). The maximum absolute atomic E-state index is 13.1. The minimum atomic E-state index is -1.12. The van der Waals surface area contributed by atoms with E-state index in [1.54, 1.807) is 12.1 Å². The van der Waals surface area contributed by atoms with Gasteiger partial charge < -0.3 is 16.0 Å². The van der Waals surface area contributed by atoms with Crippen LogP contribution >= 0.6 is 11.6 Å². The zero-order chi connectivity index (χ0) is 21.5. The third-order valence-electron chi connectivity index (χ3n) is 5.29. The van der Waals surface area contributed by atoms with Gasteiger partial charge in [0.25, 0.3) is 5.91 Å². The van der Waals surface area contributed by atoms with Crippen LogP contribution in [-0.4, -0.2) is 35.2 Å². The predicted molar refractivity (Wildman–Crippen MR) is 111 cm³/mol. The Kier molecular flexibility index (Phi) is 4.95. The van der Waals surface area contributed by atoms with Crippen molar-refractivity contribution in [2.75, 3.05) is 17.2 Å². The fraction of sp³-hybridized carbons (Fsp3) is 0.238. The monoisotopic (exact) mass is 426 g/mol. The van der Waals surface area contributed by atoms with E-state index in [9.17, 15) is 19.2 Å². The number of hydrogen-bond donors (Lipinski definition) is 3. The summed E-state index contributed by atoms with van der Waals surface area (Å²) in [5.74, 6) is -1.35. The van der Waals surface area contributed by atoms with Gasteiger partial charge >= 0.3 is 6.03 Å². The van der Waals surface area contributed by atoms with Crippen molar-refractivity contribution < 1.29 is 19.2 Å². The molecule has 0 saturated carbocycles. The molecule has 1 fully saturated rings. The molecule has 1 aliphatic carbocycles. The van der Waals surface area contributed by atoms with Gasteiger partial charge in [-0.15, -0.1) is 0 Å². The molecule has 2 aromatic rings. The fourth-order valence-corrected chi connectivity index (χ4v) is 4.16. The quantitative estimate of drug-likeness (QED) is 0.653.